The lowest BCUT2D eigenvalue weighted by Gasteiger charge is -2.15. The van der Waals surface area contributed by atoms with Crippen molar-refractivity contribution < 1.29 is 32.2 Å². The van der Waals surface area contributed by atoms with E-state index in [9.17, 15) is 13.2 Å². The molecule has 0 atom stereocenters. The van der Waals surface area contributed by atoms with Gasteiger partial charge in [0.2, 0.25) is 0 Å². The van der Waals surface area contributed by atoms with Gasteiger partial charge in [-0.2, -0.15) is 0 Å². The first-order valence-corrected chi connectivity index (χ1v) is 9.51. The number of anilines is 1. The Hall–Kier alpha value is -2.94. The van der Waals surface area contributed by atoms with Crippen LogP contribution in [0, 0.1) is 0 Å². The Morgan fingerprint density at radius 3 is 2.44 bits per heavy atom. The van der Waals surface area contributed by atoms with E-state index in [-0.39, 0.29) is 27.6 Å². The average Bonchev–Trinajstić information content (AvgIpc) is 3.14. The fraction of sp³-hybridized carbons (Fsp3) is 0.278. The van der Waals surface area contributed by atoms with Gasteiger partial charge in [-0.15, -0.1) is 0 Å². The van der Waals surface area contributed by atoms with Crippen molar-refractivity contribution in [2.24, 2.45) is 0 Å². The van der Waals surface area contributed by atoms with E-state index in [1.54, 1.807) is 12.1 Å². The van der Waals surface area contributed by atoms with Crippen molar-refractivity contribution in [3.8, 4) is 17.2 Å². The number of ether oxygens (including phenoxy) is 4. The lowest BCUT2D eigenvalue weighted by molar-refractivity contribution is 0.0601. The van der Waals surface area contributed by atoms with Crippen LogP contribution in [-0.2, 0) is 21.2 Å². The van der Waals surface area contributed by atoms with Crippen LogP contribution in [0.5, 0.6) is 17.2 Å². The summed E-state index contributed by atoms with van der Waals surface area (Å²) in [6, 6.07) is 7.36. The molecule has 1 N–H and O–H groups in total. The van der Waals surface area contributed by atoms with E-state index in [1.165, 1.54) is 39.5 Å². The molecule has 0 saturated carbocycles. The molecule has 1 heterocycles. The summed E-state index contributed by atoms with van der Waals surface area (Å²) in [5, 5.41) is 0. The third-order valence-corrected chi connectivity index (χ3v) is 5.51. The fourth-order valence-electron chi connectivity index (χ4n) is 2.78. The van der Waals surface area contributed by atoms with E-state index in [1.807, 2.05) is 0 Å². The van der Waals surface area contributed by atoms with Gasteiger partial charge in [-0.1, -0.05) is 0 Å². The number of sulfonamides is 1. The minimum absolute atomic E-state index is 0.00298. The largest absolute Gasteiger partial charge is 0.493 e. The molecule has 0 bridgehead atoms. The van der Waals surface area contributed by atoms with Crippen LogP contribution in [0.15, 0.2) is 35.2 Å². The molecule has 2 aromatic carbocycles. The summed E-state index contributed by atoms with van der Waals surface area (Å²) in [6.07, 6.45) is 0.641. The van der Waals surface area contributed by atoms with Gasteiger partial charge in [0.15, 0.2) is 11.5 Å². The lowest BCUT2D eigenvalue weighted by atomic mass is 10.1. The number of carbonyl (C=O) groups excluding carboxylic acids is 1. The summed E-state index contributed by atoms with van der Waals surface area (Å²) in [4.78, 5) is 12.2. The normalized spacial score (nSPS) is 12.7. The summed E-state index contributed by atoms with van der Waals surface area (Å²) < 4.78 is 48.6. The van der Waals surface area contributed by atoms with Gasteiger partial charge in [0, 0.05) is 18.6 Å². The highest BCUT2D eigenvalue weighted by molar-refractivity contribution is 7.92. The molecular weight excluding hydrogens is 374 g/mol. The van der Waals surface area contributed by atoms with E-state index in [0.29, 0.717) is 18.8 Å². The maximum absolute atomic E-state index is 12.8. The summed E-state index contributed by atoms with van der Waals surface area (Å²) in [5.41, 5.74) is 0.845. The molecule has 0 amide bonds. The Morgan fingerprint density at radius 2 is 1.78 bits per heavy atom. The van der Waals surface area contributed by atoms with Gasteiger partial charge in [-0.25, -0.2) is 13.2 Å². The molecular formula is C18H19NO7S. The zero-order valence-electron chi connectivity index (χ0n) is 15.1. The van der Waals surface area contributed by atoms with Crippen LogP contribution in [-0.4, -0.2) is 42.3 Å². The number of methoxy groups -OCH3 is 3. The molecule has 1 aliphatic heterocycles. The van der Waals surface area contributed by atoms with Gasteiger partial charge >= 0.3 is 5.97 Å². The fourth-order valence-corrected chi connectivity index (χ4v) is 3.90. The van der Waals surface area contributed by atoms with Crippen molar-refractivity contribution in [2.45, 2.75) is 11.3 Å². The standard InChI is InChI=1S/C18H19NO7S/c1-23-16-9-13(18(20)25-3)14(10-17(16)24-2)19-27(21,22)12-4-5-15-11(8-12)6-7-26-15/h4-5,8-10,19H,6-7H2,1-3H3. The van der Waals surface area contributed by atoms with Gasteiger partial charge in [0.1, 0.15) is 5.75 Å². The van der Waals surface area contributed by atoms with Crippen LogP contribution in [0.4, 0.5) is 5.69 Å². The second-order valence-electron chi connectivity index (χ2n) is 5.72. The Balaban J connectivity index is 2.03. The van der Waals surface area contributed by atoms with E-state index >= 15 is 0 Å². The van der Waals surface area contributed by atoms with Crippen molar-refractivity contribution in [3.05, 3.63) is 41.5 Å². The van der Waals surface area contributed by atoms with E-state index in [2.05, 4.69) is 4.72 Å². The number of fused-ring (bicyclic) bond motifs is 1. The Bertz CT molecular complexity index is 985. The molecule has 0 saturated heterocycles. The molecule has 0 aliphatic carbocycles. The minimum atomic E-state index is -3.95. The van der Waals surface area contributed by atoms with E-state index in [4.69, 9.17) is 18.9 Å². The van der Waals surface area contributed by atoms with Gasteiger partial charge < -0.3 is 18.9 Å². The molecule has 0 spiro atoms. The molecule has 2 aromatic rings. The maximum Gasteiger partial charge on any atom is 0.340 e. The summed E-state index contributed by atoms with van der Waals surface area (Å²) in [6.45, 7) is 0.522. The maximum atomic E-state index is 12.8. The predicted molar refractivity (Wildman–Crippen MR) is 97.3 cm³/mol. The van der Waals surface area contributed by atoms with E-state index in [0.717, 1.165) is 5.56 Å². The molecule has 0 unspecified atom stereocenters. The number of nitrogens with one attached hydrogen (secondary N) is 1. The second kappa shape index (κ2) is 7.36. The highest BCUT2D eigenvalue weighted by atomic mass is 32.2. The highest BCUT2D eigenvalue weighted by Crippen LogP contribution is 2.35. The van der Waals surface area contributed by atoms with Gasteiger partial charge in [-0.05, 0) is 23.8 Å². The van der Waals surface area contributed by atoms with Crippen LogP contribution in [0.1, 0.15) is 15.9 Å². The second-order valence-corrected chi connectivity index (χ2v) is 7.40. The van der Waals surface area contributed by atoms with Crippen molar-refractivity contribution in [1.82, 2.24) is 0 Å². The van der Waals surface area contributed by atoms with Gasteiger partial charge in [0.25, 0.3) is 10.0 Å². The zero-order valence-corrected chi connectivity index (χ0v) is 15.9. The summed E-state index contributed by atoms with van der Waals surface area (Å²) in [5.74, 6) is 0.507. The quantitative estimate of drug-likeness (QED) is 0.751. The van der Waals surface area contributed by atoms with Crippen LogP contribution < -0.4 is 18.9 Å². The van der Waals surface area contributed by atoms with Crippen molar-refractivity contribution in [3.63, 3.8) is 0 Å². The average molecular weight is 393 g/mol. The molecule has 144 valence electrons. The van der Waals surface area contributed by atoms with Crippen molar-refractivity contribution in [1.29, 1.82) is 0 Å². The number of rotatable bonds is 6. The van der Waals surface area contributed by atoms with Crippen molar-refractivity contribution in [2.75, 3.05) is 32.7 Å². The first-order chi connectivity index (χ1) is 12.9. The van der Waals surface area contributed by atoms with E-state index < -0.39 is 16.0 Å². The SMILES string of the molecule is COC(=O)c1cc(OC)c(OC)cc1NS(=O)(=O)c1ccc2c(c1)CCO2. The Morgan fingerprint density at radius 1 is 1.07 bits per heavy atom. The first kappa shape index (κ1) is 18.8. The third kappa shape index (κ3) is 3.63. The Kier molecular flexibility index (Phi) is 5.13. The summed E-state index contributed by atoms with van der Waals surface area (Å²) >= 11 is 0. The lowest BCUT2D eigenvalue weighted by Crippen LogP contribution is -2.16. The predicted octanol–water partition coefficient (Wildman–Crippen LogP) is 2.23. The topological polar surface area (TPSA) is 100 Å². The van der Waals surface area contributed by atoms with Gasteiger partial charge in [0.05, 0.1) is 44.1 Å². The first-order valence-electron chi connectivity index (χ1n) is 8.02. The number of carbonyl (C=O) groups is 1. The third-order valence-electron chi connectivity index (χ3n) is 4.14. The monoisotopic (exact) mass is 393 g/mol. The Labute approximate surface area is 157 Å². The molecule has 0 fully saturated rings. The van der Waals surface area contributed by atoms with Crippen LogP contribution >= 0.6 is 0 Å². The molecule has 0 radical (unpaired) electrons. The zero-order chi connectivity index (χ0) is 19.6. The molecule has 27 heavy (non-hydrogen) atoms. The number of hydrogen-bond acceptors (Lipinski definition) is 7. The molecule has 8 nitrogen and oxygen atoms in total. The number of hydrogen-bond donors (Lipinski definition) is 1. The highest BCUT2D eigenvalue weighted by Gasteiger charge is 2.24. The smallest absolute Gasteiger partial charge is 0.340 e. The molecule has 9 heteroatoms. The van der Waals surface area contributed by atoms with Crippen LogP contribution in [0.3, 0.4) is 0 Å². The summed E-state index contributed by atoms with van der Waals surface area (Å²) in [7, 11) is 0.0760. The van der Waals surface area contributed by atoms with Crippen molar-refractivity contribution >= 4 is 21.7 Å². The number of benzene rings is 2. The molecule has 3 rings (SSSR count). The molecule has 0 aromatic heterocycles. The number of esters is 1. The molecule has 1 aliphatic rings. The van der Waals surface area contributed by atoms with Gasteiger partial charge in [-0.3, -0.25) is 4.72 Å². The minimum Gasteiger partial charge on any atom is -0.493 e. The van der Waals surface area contributed by atoms with Crippen LogP contribution in [0.25, 0.3) is 0 Å². The van der Waals surface area contributed by atoms with Crippen LogP contribution in [0.2, 0.25) is 0 Å².